The number of aliphatic hydroxyl groups is 1. The predicted molar refractivity (Wildman–Crippen MR) is 64.9 cm³/mol. The monoisotopic (exact) mass is 262 g/mol. The lowest BCUT2D eigenvalue weighted by Gasteiger charge is -2.32. The summed E-state index contributed by atoms with van der Waals surface area (Å²) in [7, 11) is 0. The van der Waals surface area contributed by atoms with Gasteiger partial charge in [0.2, 0.25) is 0 Å². The first-order valence-electron chi connectivity index (χ1n) is 5.47. The highest BCUT2D eigenvalue weighted by atomic mass is 32.2. The average Bonchev–Trinajstić information content (AvgIpc) is 2.73. The number of aliphatic carboxylic acids is 1. The van der Waals surface area contributed by atoms with Gasteiger partial charge >= 0.3 is 12.0 Å². The molecule has 1 heterocycles. The van der Waals surface area contributed by atoms with Gasteiger partial charge in [0, 0.05) is 18.3 Å². The van der Waals surface area contributed by atoms with Gasteiger partial charge in [0.1, 0.15) is 6.04 Å². The Hall–Kier alpha value is -0.950. The van der Waals surface area contributed by atoms with Crippen LogP contribution in [0.1, 0.15) is 13.8 Å². The summed E-state index contributed by atoms with van der Waals surface area (Å²) in [6.07, 6.45) is 0. The molecule has 0 radical (unpaired) electrons. The summed E-state index contributed by atoms with van der Waals surface area (Å²) >= 11 is 1.43. The SMILES string of the molecule is CC(C)N(CCO)C(=O)N1CSCC1C(=O)O. The molecule has 1 fully saturated rings. The predicted octanol–water partition coefficient (Wildman–Crippen LogP) is 0.269. The van der Waals surface area contributed by atoms with Gasteiger partial charge in [-0.25, -0.2) is 9.59 Å². The van der Waals surface area contributed by atoms with Crippen molar-refractivity contribution in [2.75, 3.05) is 24.8 Å². The molecule has 6 nitrogen and oxygen atoms in total. The van der Waals surface area contributed by atoms with E-state index in [0.717, 1.165) is 0 Å². The molecule has 17 heavy (non-hydrogen) atoms. The summed E-state index contributed by atoms with van der Waals surface area (Å²) in [5, 5.41) is 17.9. The quantitative estimate of drug-likeness (QED) is 0.760. The minimum atomic E-state index is -0.976. The molecule has 7 heteroatoms. The Labute approximate surface area is 105 Å². The number of hydrogen-bond donors (Lipinski definition) is 2. The second-order valence-electron chi connectivity index (χ2n) is 4.12. The van der Waals surface area contributed by atoms with Crippen molar-refractivity contribution in [3.8, 4) is 0 Å². The number of rotatable bonds is 4. The van der Waals surface area contributed by atoms with Gasteiger partial charge < -0.3 is 20.0 Å². The van der Waals surface area contributed by atoms with Crippen molar-refractivity contribution >= 4 is 23.8 Å². The van der Waals surface area contributed by atoms with Crippen LogP contribution in [0, 0.1) is 0 Å². The first kappa shape index (κ1) is 14.1. The summed E-state index contributed by atoms with van der Waals surface area (Å²) in [6, 6.07) is -1.13. The number of nitrogens with zero attached hydrogens (tertiary/aromatic N) is 2. The molecule has 1 aliphatic heterocycles. The fraction of sp³-hybridized carbons (Fsp3) is 0.800. The molecule has 0 spiro atoms. The zero-order chi connectivity index (χ0) is 13.0. The number of hydrogen-bond acceptors (Lipinski definition) is 4. The van der Waals surface area contributed by atoms with Gasteiger partial charge in [-0.15, -0.1) is 11.8 Å². The Kier molecular flexibility index (Phi) is 5.07. The van der Waals surface area contributed by atoms with Crippen LogP contribution in [0.5, 0.6) is 0 Å². The van der Waals surface area contributed by atoms with Crippen LogP contribution in [0.3, 0.4) is 0 Å². The summed E-state index contributed by atoms with van der Waals surface area (Å²) in [6.45, 7) is 3.78. The third-order valence-corrected chi connectivity index (χ3v) is 3.64. The largest absolute Gasteiger partial charge is 0.480 e. The maximum atomic E-state index is 12.2. The van der Waals surface area contributed by atoms with Gasteiger partial charge in [-0.05, 0) is 13.8 Å². The standard InChI is InChI=1S/C10H18N2O4S/c1-7(2)11(3-4-13)10(16)12-6-17-5-8(12)9(14)15/h7-8,13H,3-6H2,1-2H3,(H,14,15). The van der Waals surface area contributed by atoms with Crippen molar-refractivity contribution in [3.05, 3.63) is 0 Å². The molecule has 1 saturated heterocycles. The van der Waals surface area contributed by atoms with E-state index in [4.69, 9.17) is 10.2 Å². The van der Waals surface area contributed by atoms with Crippen molar-refractivity contribution in [1.82, 2.24) is 9.80 Å². The number of urea groups is 1. The van der Waals surface area contributed by atoms with Crippen LogP contribution >= 0.6 is 11.8 Å². The van der Waals surface area contributed by atoms with Crippen molar-refractivity contribution < 1.29 is 19.8 Å². The van der Waals surface area contributed by atoms with Crippen LogP contribution in [-0.4, -0.2) is 68.9 Å². The number of carbonyl (C=O) groups is 2. The van der Waals surface area contributed by atoms with Gasteiger partial charge in [-0.2, -0.15) is 0 Å². The van der Waals surface area contributed by atoms with Crippen LogP contribution in [0.25, 0.3) is 0 Å². The van der Waals surface area contributed by atoms with Crippen LogP contribution in [0.4, 0.5) is 4.79 Å². The smallest absolute Gasteiger partial charge is 0.327 e. The van der Waals surface area contributed by atoms with E-state index < -0.39 is 12.0 Å². The molecule has 1 atom stereocenters. The first-order valence-corrected chi connectivity index (χ1v) is 6.63. The summed E-state index contributed by atoms with van der Waals surface area (Å²) < 4.78 is 0. The molecule has 98 valence electrons. The molecule has 0 saturated carbocycles. The van der Waals surface area contributed by atoms with Gasteiger partial charge in [-0.3, -0.25) is 0 Å². The molecular weight excluding hydrogens is 244 g/mol. The van der Waals surface area contributed by atoms with Gasteiger partial charge in [0.15, 0.2) is 0 Å². The van der Waals surface area contributed by atoms with Crippen LogP contribution in [0.15, 0.2) is 0 Å². The third-order valence-electron chi connectivity index (χ3n) is 2.62. The number of aliphatic hydroxyl groups excluding tert-OH is 1. The molecule has 0 aromatic heterocycles. The van der Waals surface area contributed by atoms with E-state index in [1.807, 2.05) is 13.8 Å². The minimum Gasteiger partial charge on any atom is -0.480 e. The van der Waals surface area contributed by atoms with Crippen molar-refractivity contribution in [2.45, 2.75) is 25.9 Å². The van der Waals surface area contributed by atoms with E-state index in [2.05, 4.69) is 0 Å². The maximum absolute atomic E-state index is 12.2. The second-order valence-corrected chi connectivity index (χ2v) is 5.12. The van der Waals surface area contributed by atoms with Crippen molar-refractivity contribution in [2.24, 2.45) is 0 Å². The highest BCUT2D eigenvalue weighted by Gasteiger charge is 2.37. The van der Waals surface area contributed by atoms with Gasteiger partial charge in [0.05, 0.1) is 12.5 Å². The topological polar surface area (TPSA) is 81.1 Å². The summed E-state index contributed by atoms with van der Waals surface area (Å²) in [4.78, 5) is 26.0. The fourth-order valence-corrected chi connectivity index (χ4v) is 2.82. The average molecular weight is 262 g/mol. The van der Waals surface area contributed by atoms with E-state index in [9.17, 15) is 9.59 Å². The molecule has 0 aromatic carbocycles. The fourth-order valence-electron chi connectivity index (χ4n) is 1.68. The van der Waals surface area contributed by atoms with Gasteiger partial charge in [0.25, 0.3) is 0 Å². The molecule has 0 aliphatic carbocycles. The number of carboxylic acids is 1. The molecule has 0 bridgehead atoms. The van der Waals surface area contributed by atoms with Crippen molar-refractivity contribution in [1.29, 1.82) is 0 Å². The molecular formula is C10H18N2O4S. The van der Waals surface area contributed by atoms with E-state index >= 15 is 0 Å². The number of carbonyl (C=O) groups excluding carboxylic acids is 1. The second kappa shape index (κ2) is 6.11. The highest BCUT2D eigenvalue weighted by Crippen LogP contribution is 2.23. The highest BCUT2D eigenvalue weighted by molar-refractivity contribution is 7.99. The van der Waals surface area contributed by atoms with E-state index in [1.165, 1.54) is 21.6 Å². The zero-order valence-electron chi connectivity index (χ0n) is 10.00. The zero-order valence-corrected chi connectivity index (χ0v) is 10.8. The summed E-state index contributed by atoms with van der Waals surface area (Å²) in [5.74, 6) is -0.160. The Morgan fingerprint density at radius 2 is 2.18 bits per heavy atom. The number of carboxylic acid groups (broad SMARTS) is 1. The molecule has 1 unspecified atom stereocenters. The maximum Gasteiger partial charge on any atom is 0.327 e. The van der Waals surface area contributed by atoms with E-state index in [-0.39, 0.29) is 25.2 Å². The Morgan fingerprint density at radius 3 is 2.65 bits per heavy atom. The molecule has 2 amide bonds. The normalized spacial score (nSPS) is 19.8. The first-order chi connectivity index (χ1) is 7.99. The Morgan fingerprint density at radius 1 is 1.53 bits per heavy atom. The summed E-state index contributed by atoms with van der Waals surface area (Å²) in [5.41, 5.74) is 0. The Bertz CT molecular complexity index is 298. The lowest BCUT2D eigenvalue weighted by Crippen LogP contribution is -2.51. The minimum absolute atomic E-state index is 0.0605. The third kappa shape index (κ3) is 3.26. The van der Waals surface area contributed by atoms with Crippen LogP contribution in [0.2, 0.25) is 0 Å². The van der Waals surface area contributed by atoms with Crippen molar-refractivity contribution in [3.63, 3.8) is 0 Å². The van der Waals surface area contributed by atoms with E-state index in [1.54, 1.807) is 0 Å². The van der Waals surface area contributed by atoms with Crippen LogP contribution in [-0.2, 0) is 4.79 Å². The molecule has 0 aromatic rings. The molecule has 2 N–H and O–H groups in total. The lowest BCUT2D eigenvalue weighted by molar-refractivity contribution is -0.141. The molecule has 1 rings (SSSR count). The van der Waals surface area contributed by atoms with Gasteiger partial charge in [-0.1, -0.05) is 0 Å². The molecule has 1 aliphatic rings. The number of amides is 2. The Balaban J connectivity index is 2.75. The van der Waals surface area contributed by atoms with Crippen LogP contribution < -0.4 is 0 Å². The number of thioether (sulfide) groups is 1. The van der Waals surface area contributed by atoms with E-state index in [0.29, 0.717) is 11.6 Å². The lowest BCUT2D eigenvalue weighted by atomic mass is 10.3.